The summed E-state index contributed by atoms with van der Waals surface area (Å²) in [7, 11) is -4.70. The number of hydrogen-bond donors (Lipinski definition) is 1. The number of ether oxygens (including phenoxy) is 1. The number of carbonyl (C=O) groups excluding carboxylic acids is 1. The van der Waals surface area contributed by atoms with Gasteiger partial charge >= 0.3 is 0 Å². The van der Waals surface area contributed by atoms with E-state index in [1.54, 1.807) is 30.3 Å². The van der Waals surface area contributed by atoms with Gasteiger partial charge in [-0.05, 0) is 41.2 Å². The number of benzene rings is 4. The van der Waals surface area contributed by atoms with Gasteiger partial charge in [0.2, 0.25) is 0 Å². The highest BCUT2D eigenvalue weighted by Crippen LogP contribution is 2.41. The van der Waals surface area contributed by atoms with Gasteiger partial charge in [-0.1, -0.05) is 103 Å². The van der Waals surface area contributed by atoms with E-state index in [1.165, 1.54) is 27.9 Å². The molecule has 1 aromatic heterocycles. The van der Waals surface area contributed by atoms with Crippen molar-refractivity contribution in [3.05, 3.63) is 165 Å². The Bertz CT molecular complexity index is 2120. The zero-order chi connectivity index (χ0) is 35.3. The van der Waals surface area contributed by atoms with Gasteiger partial charge < -0.3 is 9.64 Å². The Balaban J connectivity index is 1.42. The van der Waals surface area contributed by atoms with E-state index in [2.05, 4.69) is 5.10 Å². The van der Waals surface area contributed by atoms with Crippen LogP contribution in [-0.2, 0) is 23.3 Å². The van der Waals surface area contributed by atoms with Crippen molar-refractivity contribution in [1.29, 1.82) is 0 Å². The molecular weight excluding hydrogens is 664 g/mol. The molecule has 1 aliphatic heterocycles. The molecule has 0 radical (unpaired) electrons. The molecule has 9 nitrogen and oxygen atoms in total. The normalized spacial score (nSPS) is 15.8. The van der Waals surface area contributed by atoms with E-state index in [0.29, 0.717) is 12.0 Å². The standard InChI is InChI=1S/C38H35F2N3O6S/c39-31-19-10-18-29(35(31)40)34(28-16-8-3-9-17-28)30(25-50(46,47)48)32-20-11-21-43(32)38(45)36-37(44)33(49-24-27-14-6-2-7-15-27)23-42(41-36)22-26-12-4-1-5-13-26/h1-10,12-19,23,30,32,34H,11,20-22,24-25H2,(H,46,47,48)/t30-,32+,34+/m0/s1. The second-order valence-electron chi connectivity index (χ2n) is 12.3. The average Bonchev–Trinajstić information content (AvgIpc) is 3.60. The Morgan fingerprint density at radius 1 is 0.900 bits per heavy atom. The minimum absolute atomic E-state index is 0.0553. The Kier molecular flexibility index (Phi) is 10.5. The van der Waals surface area contributed by atoms with Gasteiger partial charge in [0.05, 0.1) is 18.5 Å². The van der Waals surface area contributed by atoms with Crippen molar-refractivity contribution in [3.63, 3.8) is 0 Å². The zero-order valence-corrected chi connectivity index (χ0v) is 27.8. The maximum absolute atomic E-state index is 15.5. The van der Waals surface area contributed by atoms with Gasteiger partial charge in [0.15, 0.2) is 23.1 Å². The Morgan fingerprint density at radius 2 is 1.54 bits per heavy atom. The van der Waals surface area contributed by atoms with E-state index < -0.39 is 62.4 Å². The summed E-state index contributed by atoms with van der Waals surface area (Å²) in [5.41, 5.74) is 0.815. The molecule has 0 aliphatic carbocycles. The second-order valence-corrected chi connectivity index (χ2v) is 13.8. The number of likely N-dealkylation sites (tertiary alicyclic amines) is 1. The van der Waals surface area contributed by atoms with Gasteiger partial charge in [0.1, 0.15) is 6.61 Å². The molecule has 1 fully saturated rings. The number of rotatable bonds is 12. The maximum Gasteiger partial charge on any atom is 0.278 e. The number of halogens is 2. The van der Waals surface area contributed by atoms with Crippen molar-refractivity contribution < 1.29 is 31.3 Å². The molecule has 0 saturated carbocycles. The third-order valence-electron chi connectivity index (χ3n) is 8.92. The van der Waals surface area contributed by atoms with E-state index in [1.807, 2.05) is 60.7 Å². The third kappa shape index (κ3) is 7.98. The van der Waals surface area contributed by atoms with Gasteiger partial charge in [-0.25, -0.2) is 8.78 Å². The van der Waals surface area contributed by atoms with Crippen molar-refractivity contribution in [1.82, 2.24) is 14.7 Å². The number of aromatic nitrogens is 2. The number of nitrogens with zero attached hydrogens (tertiary/aromatic N) is 3. The van der Waals surface area contributed by atoms with Crippen LogP contribution in [-0.4, -0.2) is 51.9 Å². The van der Waals surface area contributed by atoms with E-state index in [9.17, 15) is 27.0 Å². The molecule has 6 rings (SSSR count). The van der Waals surface area contributed by atoms with Crippen LogP contribution in [0.5, 0.6) is 5.75 Å². The van der Waals surface area contributed by atoms with Gasteiger partial charge in [0, 0.05) is 24.4 Å². The highest BCUT2D eigenvalue weighted by atomic mass is 32.2. The van der Waals surface area contributed by atoms with Crippen molar-refractivity contribution in [2.45, 2.75) is 38.0 Å². The first-order chi connectivity index (χ1) is 24.1. The quantitative estimate of drug-likeness (QED) is 0.157. The van der Waals surface area contributed by atoms with Gasteiger partial charge in [0.25, 0.3) is 21.5 Å². The fourth-order valence-electron chi connectivity index (χ4n) is 6.72. The zero-order valence-electron chi connectivity index (χ0n) is 26.9. The van der Waals surface area contributed by atoms with E-state index in [0.717, 1.165) is 17.2 Å². The van der Waals surface area contributed by atoms with Crippen LogP contribution in [0.4, 0.5) is 8.78 Å². The predicted molar refractivity (Wildman–Crippen MR) is 183 cm³/mol. The molecule has 4 aromatic carbocycles. The lowest BCUT2D eigenvalue weighted by Gasteiger charge is -2.36. The molecule has 50 heavy (non-hydrogen) atoms. The summed E-state index contributed by atoms with van der Waals surface area (Å²) in [6, 6.07) is 29.7. The molecule has 0 bridgehead atoms. The Morgan fingerprint density at radius 3 is 2.20 bits per heavy atom. The van der Waals surface area contributed by atoms with Gasteiger partial charge in [-0.15, -0.1) is 0 Å². The first kappa shape index (κ1) is 34.7. The first-order valence-corrected chi connectivity index (χ1v) is 17.8. The van der Waals surface area contributed by atoms with Crippen LogP contribution in [0.15, 0.2) is 120 Å². The largest absolute Gasteiger partial charge is 0.483 e. The molecule has 5 aromatic rings. The summed E-state index contributed by atoms with van der Waals surface area (Å²) >= 11 is 0. The van der Waals surface area contributed by atoms with Gasteiger partial charge in [-0.3, -0.25) is 18.8 Å². The summed E-state index contributed by atoms with van der Waals surface area (Å²) < 4.78 is 72.9. The lowest BCUT2D eigenvalue weighted by Crippen LogP contribution is -2.46. The Labute approximate surface area is 288 Å². The van der Waals surface area contributed by atoms with E-state index in [4.69, 9.17) is 4.74 Å². The maximum atomic E-state index is 15.5. The molecule has 1 aliphatic rings. The van der Waals surface area contributed by atoms with Crippen LogP contribution < -0.4 is 10.2 Å². The Hall–Kier alpha value is -5.20. The molecule has 258 valence electrons. The van der Waals surface area contributed by atoms with Crippen LogP contribution in [0.3, 0.4) is 0 Å². The molecule has 2 heterocycles. The van der Waals surface area contributed by atoms with E-state index in [-0.39, 0.29) is 37.4 Å². The van der Waals surface area contributed by atoms with Crippen LogP contribution >= 0.6 is 0 Å². The molecule has 0 unspecified atom stereocenters. The topological polar surface area (TPSA) is 119 Å². The molecule has 1 amide bonds. The summed E-state index contributed by atoms with van der Waals surface area (Å²) in [5, 5.41) is 4.44. The van der Waals surface area contributed by atoms with Crippen molar-refractivity contribution in [2.75, 3.05) is 12.3 Å². The molecular formula is C38H35F2N3O6S. The number of amides is 1. The average molecular weight is 700 g/mol. The molecule has 3 atom stereocenters. The third-order valence-corrected chi connectivity index (χ3v) is 9.73. The van der Waals surface area contributed by atoms with Crippen LogP contribution in [0, 0.1) is 17.6 Å². The van der Waals surface area contributed by atoms with Crippen molar-refractivity contribution in [3.8, 4) is 5.75 Å². The summed E-state index contributed by atoms with van der Waals surface area (Å²) in [4.78, 5) is 29.7. The number of carbonyl (C=O) groups is 1. The molecule has 1 saturated heterocycles. The van der Waals surface area contributed by atoms with Crippen molar-refractivity contribution >= 4 is 16.0 Å². The monoisotopic (exact) mass is 699 g/mol. The SMILES string of the molecule is O=C(c1nn(Cc2ccccc2)cc(OCc2ccccc2)c1=O)N1CCC[C@@H]1[C@H](CS(=O)(=O)O)[C@H](c1ccccc1)c1cccc(F)c1F. The second kappa shape index (κ2) is 15.1. The summed E-state index contributed by atoms with van der Waals surface area (Å²) in [5.74, 6) is -6.23. The summed E-state index contributed by atoms with van der Waals surface area (Å²) in [6.07, 6.45) is 2.14. The highest BCUT2D eigenvalue weighted by molar-refractivity contribution is 7.85. The minimum Gasteiger partial charge on any atom is -0.483 e. The number of hydrogen-bond acceptors (Lipinski definition) is 6. The fraction of sp³-hybridized carbons (Fsp3) is 0.237. The lowest BCUT2D eigenvalue weighted by atomic mass is 9.77. The van der Waals surface area contributed by atoms with Crippen molar-refractivity contribution in [2.24, 2.45) is 5.92 Å². The summed E-state index contributed by atoms with van der Waals surface area (Å²) in [6.45, 7) is 0.403. The van der Waals surface area contributed by atoms with Crippen LogP contribution in [0.25, 0.3) is 0 Å². The predicted octanol–water partition coefficient (Wildman–Crippen LogP) is 6.09. The van der Waals surface area contributed by atoms with E-state index >= 15 is 4.39 Å². The minimum atomic E-state index is -4.70. The van der Waals surface area contributed by atoms with Crippen LogP contribution in [0.2, 0.25) is 0 Å². The van der Waals surface area contributed by atoms with Gasteiger partial charge in [-0.2, -0.15) is 13.5 Å². The smallest absolute Gasteiger partial charge is 0.278 e. The molecule has 0 spiro atoms. The fourth-order valence-corrected chi connectivity index (χ4v) is 7.62. The van der Waals surface area contributed by atoms with Crippen LogP contribution in [0.1, 0.15) is 51.5 Å². The molecule has 12 heteroatoms. The first-order valence-electron chi connectivity index (χ1n) is 16.2. The lowest BCUT2D eigenvalue weighted by molar-refractivity contribution is 0.0675. The highest BCUT2D eigenvalue weighted by Gasteiger charge is 2.43. The molecule has 1 N–H and O–H groups in total.